The van der Waals surface area contributed by atoms with Gasteiger partial charge in [0, 0.05) is 12.8 Å². The van der Waals surface area contributed by atoms with Crippen molar-refractivity contribution in [2.75, 3.05) is 0 Å². The van der Waals surface area contributed by atoms with Gasteiger partial charge in [-0.3, -0.25) is 4.18 Å². The Labute approximate surface area is 98.5 Å². The number of hydrogen-bond donors (Lipinski definition) is 0. The van der Waals surface area contributed by atoms with Gasteiger partial charge in [0.05, 0.1) is 11.0 Å². The lowest BCUT2D eigenvalue weighted by Crippen LogP contribution is -2.42. The van der Waals surface area contributed by atoms with Gasteiger partial charge in [-0.15, -0.1) is 0 Å². The summed E-state index contributed by atoms with van der Waals surface area (Å²) >= 11 is 0. The molecule has 2 rings (SSSR count). The Hall–Kier alpha value is -1.01. The van der Waals surface area contributed by atoms with Gasteiger partial charge >= 0.3 is 0 Å². The van der Waals surface area contributed by atoms with Crippen LogP contribution in [0.1, 0.15) is 18.4 Å². The summed E-state index contributed by atoms with van der Waals surface area (Å²) in [7, 11) is -3.92. The molecule has 0 atom stereocenters. The zero-order valence-electron chi connectivity index (χ0n) is 9.19. The maximum atomic E-state index is 12.5. The van der Waals surface area contributed by atoms with E-state index in [0.29, 0.717) is 0 Å². The van der Waals surface area contributed by atoms with E-state index in [4.69, 9.17) is 4.18 Å². The highest BCUT2D eigenvalue weighted by Gasteiger charge is 2.48. The Morgan fingerprint density at radius 2 is 1.76 bits per heavy atom. The largest absolute Gasteiger partial charge is 0.297 e. The quantitative estimate of drug-likeness (QED) is 0.786. The molecular formula is C11H12F2O3S. The van der Waals surface area contributed by atoms with E-state index in [2.05, 4.69) is 0 Å². The third-order valence-electron chi connectivity index (χ3n) is 2.63. The van der Waals surface area contributed by atoms with Crippen molar-refractivity contribution in [3.8, 4) is 0 Å². The summed E-state index contributed by atoms with van der Waals surface area (Å²) in [6, 6.07) is 6.07. The van der Waals surface area contributed by atoms with E-state index in [1.807, 2.05) is 6.92 Å². The molecule has 0 aromatic heterocycles. The monoisotopic (exact) mass is 262 g/mol. The summed E-state index contributed by atoms with van der Waals surface area (Å²) in [5, 5.41) is 0. The number of benzene rings is 1. The number of halogens is 2. The predicted molar refractivity (Wildman–Crippen MR) is 57.4 cm³/mol. The molecule has 1 aromatic carbocycles. The molecule has 94 valence electrons. The van der Waals surface area contributed by atoms with Crippen LogP contribution in [0.15, 0.2) is 29.2 Å². The van der Waals surface area contributed by atoms with E-state index < -0.39 is 35.0 Å². The molecule has 1 fully saturated rings. The second-order valence-corrected chi connectivity index (χ2v) is 5.82. The first-order valence-corrected chi connectivity index (χ1v) is 6.57. The first-order chi connectivity index (χ1) is 7.78. The van der Waals surface area contributed by atoms with Gasteiger partial charge in [-0.05, 0) is 19.1 Å². The van der Waals surface area contributed by atoms with Crippen LogP contribution in [0.4, 0.5) is 8.78 Å². The number of rotatable bonds is 3. The molecule has 0 amide bonds. The third-order valence-corrected chi connectivity index (χ3v) is 4.00. The minimum Gasteiger partial charge on any atom is -0.263 e. The van der Waals surface area contributed by atoms with Crippen LogP contribution in [0, 0.1) is 6.92 Å². The number of aryl methyl sites for hydroxylation is 1. The average Bonchev–Trinajstić information content (AvgIpc) is 2.14. The molecule has 6 heteroatoms. The van der Waals surface area contributed by atoms with Gasteiger partial charge in [0.15, 0.2) is 0 Å². The van der Waals surface area contributed by atoms with E-state index >= 15 is 0 Å². The summed E-state index contributed by atoms with van der Waals surface area (Å²) < 4.78 is 53.2. The molecule has 0 unspecified atom stereocenters. The van der Waals surface area contributed by atoms with Gasteiger partial charge in [-0.1, -0.05) is 17.7 Å². The lowest BCUT2D eigenvalue weighted by molar-refractivity contribution is -0.132. The van der Waals surface area contributed by atoms with Crippen LogP contribution in [0.25, 0.3) is 0 Å². The molecule has 0 bridgehead atoms. The van der Waals surface area contributed by atoms with Crippen molar-refractivity contribution in [1.29, 1.82) is 0 Å². The molecule has 1 aliphatic carbocycles. The van der Waals surface area contributed by atoms with Crippen LogP contribution >= 0.6 is 0 Å². The minimum absolute atomic E-state index is 0.00156. The van der Waals surface area contributed by atoms with Gasteiger partial charge in [-0.25, -0.2) is 8.78 Å². The fourth-order valence-electron chi connectivity index (χ4n) is 1.61. The molecule has 0 heterocycles. The molecule has 0 saturated heterocycles. The standard InChI is InChI=1S/C11H12F2O3S/c1-8-2-4-10(5-3-8)17(14,15)16-9-6-11(12,13)7-9/h2-5,9H,6-7H2,1H3. The van der Waals surface area contributed by atoms with Crippen LogP contribution in [0.2, 0.25) is 0 Å². The third kappa shape index (κ3) is 2.81. The topological polar surface area (TPSA) is 43.4 Å². The molecule has 1 aliphatic rings. The highest BCUT2D eigenvalue weighted by atomic mass is 32.2. The van der Waals surface area contributed by atoms with Crippen LogP contribution < -0.4 is 0 Å². The molecule has 0 N–H and O–H groups in total. The van der Waals surface area contributed by atoms with Gasteiger partial charge in [0.25, 0.3) is 16.0 Å². The maximum Gasteiger partial charge on any atom is 0.297 e. The van der Waals surface area contributed by atoms with E-state index in [-0.39, 0.29) is 4.90 Å². The molecular weight excluding hydrogens is 250 g/mol. The van der Waals surface area contributed by atoms with E-state index in [0.717, 1.165) is 5.56 Å². The second-order valence-electron chi connectivity index (χ2n) is 4.25. The smallest absolute Gasteiger partial charge is 0.263 e. The zero-order valence-corrected chi connectivity index (χ0v) is 10.0. The molecule has 0 aliphatic heterocycles. The lowest BCUT2D eigenvalue weighted by Gasteiger charge is -2.33. The van der Waals surface area contributed by atoms with Crippen molar-refractivity contribution in [2.24, 2.45) is 0 Å². The van der Waals surface area contributed by atoms with Crippen molar-refractivity contribution in [1.82, 2.24) is 0 Å². The van der Waals surface area contributed by atoms with Gasteiger partial charge in [0.1, 0.15) is 0 Å². The van der Waals surface area contributed by atoms with Crippen LogP contribution in [0.3, 0.4) is 0 Å². The maximum absolute atomic E-state index is 12.5. The first-order valence-electron chi connectivity index (χ1n) is 5.16. The Morgan fingerprint density at radius 3 is 2.24 bits per heavy atom. The normalized spacial score (nSPS) is 19.9. The van der Waals surface area contributed by atoms with Gasteiger partial charge in [0.2, 0.25) is 0 Å². The molecule has 3 nitrogen and oxygen atoms in total. The van der Waals surface area contributed by atoms with E-state index in [1.54, 1.807) is 12.1 Å². The van der Waals surface area contributed by atoms with Gasteiger partial charge in [-0.2, -0.15) is 8.42 Å². The van der Waals surface area contributed by atoms with Crippen molar-refractivity contribution < 1.29 is 21.4 Å². The Kier molecular flexibility index (Phi) is 2.95. The SMILES string of the molecule is Cc1ccc(S(=O)(=O)OC2CC(F)(F)C2)cc1. The van der Waals surface area contributed by atoms with Crippen molar-refractivity contribution in [2.45, 2.75) is 36.7 Å². The average molecular weight is 262 g/mol. The molecule has 0 spiro atoms. The summed E-state index contributed by atoms with van der Waals surface area (Å²) in [5.41, 5.74) is 0.916. The Balaban J connectivity index is 2.07. The predicted octanol–water partition coefficient (Wildman–Crippen LogP) is 2.50. The fraction of sp³-hybridized carbons (Fsp3) is 0.455. The van der Waals surface area contributed by atoms with E-state index in [9.17, 15) is 17.2 Å². The molecule has 0 radical (unpaired) electrons. The van der Waals surface area contributed by atoms with Crippen molar-refractivity contribution >= 4 is 10.1 Å². The molecule has 1 saturated carbocycles. The zero-order chi connectivity index (χ0) is 12.7. The summed E-state index contributed by atoms with van der Waals surface area (Å²) in [6.45, 7) is 1.82. The minimum atomic E-state index is -3.92. The Bertz CT molecular complexity index is 500. The highest BCUT2D eigenvalue weighted by molar-refractivity contribution is 7.86. The highest BCUT2D eigenvalue weighted by Crippen LogP contribution is 2.40. The fourth-order valence-corrected chi connectivity index (χ4v) is 2.69. The van der Waals surface area contributed by atoms with Gasteiger partial charge < -0.3 is 0 Å². The van der Waals surface area contributed by atoms with Crippen molar-refractivity contribution in [3.05, 3.63) is 29.8 Å². The molecule has 1 aromatic rings. The molecule has 17 heavy (non-hydrogen) atoms. The number of alkyl halides is 2. The second kappa shape index (κ2) is 4.03. The van der Waals surface area contributed by atoms with Crippen molar-refractivity contribution in [3.63, 3.8) is 0 Å². The summed E-state index contributed by atoms with van der Waals surface area (Å²) in [4.78, 5) is -0.00156. The van der Waals surface area contributed by atoms with E-state index in [1.165, 1.54) is 12.1 Å². The lowest BCUT2D eigenvalue weighted by atomic mass is 9.91. The summed E-state index contributed by atoms with van der Waals surface area (Å²) in [5.74, 6) is -2.78. The summed E-state index contributed by atoms with van der Waals surface area (Å²) in [6.07, 6.45) is -1.97. The van der Waals surface area contributed by atoms with Crippen LogP contribution in [-0.2, 0) is 14.3 Å². The Morgan fingerprint density at radius 1 is 1.24 bits per heavy atom. The van der Waals surface area contributed by atoms with Crippen LogP contribution in [-0.4, -0.2) is 20.4 Å². The first kappa shape index (κ1) is 12.4. The van der Waals surface area contributed by atoms with Crippen LogP contribution in [0.5, 0.6) is 0 Å². The number of hydrogen-bond acceptors (Lipinski definition) is 3.